The molecule has 1 unspecified atom stereocenters. The number of nitrogens with one attached hydrogen (secondary N) is 1. The summed E-state index contributed by atoms with van der Waals surface area (Å²) in [5.74, 6) is -2.22. The van der Waals surface area contributed by atoms with Gasteiger partial charge in [-0.1, -0.05) is 0 Å². The molecule has 0 saturated carbocycles. The maximum atomic E-state index is 13.2. The Morgan fingerprint density at radius 3 is 2.50 bits per heavy atom. The predicted octanol–water partition coefficient (Wildman–Crippen LogP) is 1.76. The Kier molecular flexibility index (Phi) is 4.86. The lowest BCUT2D eigenvalue weighted by Gasteiger charge is -2.23. The normalized spacial score (nSPS) is 18.5. The monoisotopic (exact) mass is 382 g/mol. The fourth-order valence-corrected chi connectivity index (χ4v) is 4.43. The van der Waals surface area contributed by atoms with Crippen LogP contribution in [-0.2, 0) is 9.84 Å². The summed E-state index contributed by atoms with van der Waals surface area (Å²) in [7, 11) is -1.55. The average molecular weight is 382 g/mol. The first-order valence-electron chi connectivity index (χ1n) is 7.77. The van der Waals surface area contributed by atoms with Gasteiger partial charge in [-0.2, -0.15) is 0 Å². The molecular weight excluding hydrogens is 366 g/mol. The van der Waals surface area contributed by atoms with Gasteiger partial charge in [0.15, 0.2) is 21.5 Å². The summed E-state index contributed by atoms with van der Waals surface area (Å²) in [6.45, 7) is 0. The van der Waals surface area contributed by atoms with E-state index >= 15 is 0 Å². The number of carbonyl (C=O) groups excluding carboxylic acids is 1. The average Bonchev–Trinajstić information content (AvgIpc) is 2.97. The van der Waals surface area contributed by atoms with Crippen molar-refractivity contribution in [2.45, 2.75) is 12.5 Å². The number of hydrogen-bond acceptors (Lipinski definition) is 6. The molecule has 1 aliphatic rings. The zero-order valence-corrected chi connectivity index (χ0v) is 14.6. The van der Waals surface area contributed by atoms with Crippen LogP contribution in [0.2, 0.25) is 0 Å². The maximum Gasteiger partial charge on any atom is 0.257 e. The van der Waals surface area contributed by atoms with Crippen molar-refractivity contribution in [1.82, 2.24) is 14.9 Å². The molecule has 1 aromatic carbocycles. The molecule has 10 heteroatoms. The summed E-state index contributed by atoms with van der Waals surface area (Å²) in [6, 6.07) is 2.90. The lowest BCUT2D eigenvalue weighted by molar-refractivity contribution is 0.0747. The SMILES string of the molecule is CN(C(=O)c1cnc(Nc2ccc(F)c(F)c2)nc1)C1CCS(=O)(=O)C1. The minimum absolute atomic E-state index is 0.0497. The van der Waals surface area contributed by atoms with Crippen LogP contribution in [0.1, 0.15) is 16.8 Å². The van der Waals surface area contributed by atoms with Crippen molar-refractivity contribution < 1.29 is 22.0 Å². The zero-order valence-electron chi connectivity index (χ0n) is 13.8. The summed E-state index contributed by atoms with van der Waals surface area (Å²) in [4.78, 5) is 21.8. The van der Waals surface area contributed by atoms with Crippen LogP contribution >= 0.6 is 0 Å². The highest BCUT2D eigenvalue weighted by Gasteiger charge is 2.33. The van der Waals surface area contributed by atoms with E-state index in [4.69, 9.17) is 0 Å². The molecule has 1 amide bonds. The van der Waals surface area contributed by atoms with Gasteiger partial charge in [0.1, 0.15) is 0 Å². The van der Waals surface area contributed by atoms with Gasteiger partial charge in [-0.25, -0.2) is 27.2 Å². The highest BCUT2D eigenvalue weighted by molar-refractivity contribution is 7.91. The number of halogens is 2. The van der Waals surface area contributed by atoms with Crippen LogP contribution in [0.5, 0.6) is 0 Å². The van der Waals surface area contributed by atoms with Crippen molar-refractivity contribution in [2.75, 3.05) is 23.9 Å². The molecule has 1 fully saturated rings. The second-order valence-corrected chi connectivity index (χ2v) is 8.25. The third-order valence-electron chi connectivity index (χ3n) is 4.15. The van der Waals surface area contributed by atoms with Gasteiger partial charge in [0.05, 0.1) is 17.1 Å². The van der Waals surface area contributed by atoms with Crippen molar-refractivity contribution in [3.63, 3.8) is 0 Å². The van der Waals surface area contributed by atoms with Crippen LogP contribution < -0.4 is 5.32 Å². The summed E-state index contributed by atoms with van der Waals surface area (Å²) in [6.07, 6.45) is 2.98. The van der Waals surface area contributed by atoms with Gasteiger partial charge < -0.3 is 10.2 Å². The third-order valence-corrected chi connectivity index (χ3v) is 5.90. The molecule has 1 aromatic heterocycles. The smallest absolute Gasteiger partial charge is 0.257 e. The van der Waals surface area contributed by atoms with Gasteiger partial charge in [-0.3, -0.25) is 4.79 Å². The minimum Gasteiger partial charge on any atom is -0.338 e. The topological polar surface area (TPSA) is 92.3 Å². The Hall–Kier alpha value is -2.62. The number of carbonyl (C=O) groups is 1. The number of anilines is 2. The fraction of sp³-hybridized carbons (Fsp3) is 0.312. The lowest BCUT2D eigenvalue weighted by Crippen LogP contribution is -2.37. The molecule has 2 aromatic rings. The molecule has 138 valence electrons. The quantitative estimate of drug-likeness (QED) is 0.866. The number of hydrogen-bond donors (Lipinski definition) is 1. The molecular formula is C16H16F2N4O3S. The molecule has 0 aliphatic carbocycles. The van der Waals surface area contributed by atoms with Crippen molar-refractivity contribution in [3.05, 3.63) is 47.8 Å². The molecule has 3 rings (SSSR count). The Morgan fingerprint density at radius 2 is 1.92 bits per heavy atom. The van der Waals surface area contributed by atoms with Crippen molar-refractivity contribution in [1.29, 1.82) is 0 Å². The lowest BCUT2D eigenvalue weighted by atomic mass is 10.2. The van der Waals surface area contributed by atoms with E-state index < -0.39 is 21.5 Å². The Morgan fingerprint density at radius 1 is 1.23 bits per heavy atom. The first kappa shape index (κ1) is 18.2. The molecule has 2 heterocycles. The van der Waals surface area contributed by atoms with E-state index in [1.54, 1.807) is 7.05 Å². The molecule has 1 saturated heterocycles. The Bertz CT molecular complexity index is 935. The highest BCUT2D eigenvalue weighted by atomic mass is 32.2. The predicted molar refractivity (Wildman–Crippen MR) is 90.8 cm³/mol. The summed E-state index contributed by atoms with van der Waals surface area (Å²) < 4.78 is 49.2. The number of rotatable bonds is 4. The Labute approximate surface area is 149 Å². The van der Waals surface area contributed by atoms with E-state index in [1.807, 2.05) is 0 Å². The largest absolute Gasteiger partial charge is 0.338 e. The first-order valence-corrected chi connectivity index (χ1v) is 9.59. The molecule has 26 heavy (non-hydrogen) atoms. The van der Waals surface area contributed by atoms with Gasteiger partial charge in [-0.05, 0) is 18.6 Å². The number of sulfone groups is 1. The van der Waals surface area contributed by atoms with Crippen molar-refractivity contribution in [3.8, 4) is 0 Å². The zero-order chi connectivity index (χ0) is 18.9. The minimum atomic E-state index is -3.10. The Balaban J connectivity index is 1.68. The number of nitrogens with zero attached hydrogens (tertiary/aromatic N) is 3. The third kappa shape index (κ3) is 3.96. The maximum absolute atomic E-state index is 13.2. The van der Waals surface area contributed by atoms with E-state index in [1.165, 1.54) is 23.4 Å². The second-order valence-electron chi connectivity index (χ2n) is 6.02. The molecule has 0 spiro atoms. The van der Waals surface area contributed by atoms with Crippen molar-refractivity contribution >= 4 is 27.4 Å². The van der Waals surface area contributed by atoms with E-state index in [-0.39, 0.29) is 40.7 Å². The summed E-state index contributed by atoms with van der Waals surface area (Å²) >= 11 is 0. The van der Waals surface area contributed by atoms with E-state index in [0.717, 1.165) is 12.1 Å². The first-order chi connectivity index (χ1) is 12.2. The van der Waals surface area contributed by atoms with Crippen LogP contribution in [0.25, 0.3) is 0 Å². The van der Waals surface area contributed by atoms with Crippen LogP contribution in [0.15, 0.2) is 30.6 Å². The molecule has 1 N–H and O–H groups in total. The molecule has 1 aliphatic heterocycles. The summed E-state index contributed by atoms with van der Waals surface area (Å²) in [5.41, 5.74) is 0.462. The summed E-state index contributed by atoms with van der Waals surface area (Å²) in [5, 5.41) is 2.70. The van der Waals surface area contributed by atoms with Crippen LogP contribution in [0.4, 0.5) is 20.4 Å². The number of benzene rings is 1. The van der Waals surface area contributed by atoms with Gasteiger partial charge in [0, 0.05) is 37.2 Å². The van der Waals surface area contributed by atoms with Gasteiger partial charge in [0.2, 0.25) is 5.95 Å². The molecule has 0 bridgehead atoms. The number of aromatic nitrogens is 2. The van der Waals surface area contributed by atoms with E-state index in [9.17, 15) is 22.0 Å². The number of amides is 1. The van der Waals surface area contributed by atoms with Crippen LogP contribution in [0.3, 0.4) is 0 Å². The van der Waals surface area contributed by atoms with Gasteiger partial charge in [-0.15, -0.1) is 0 Å². The van der Waals surface area contributed by atoms with Crippen LogP contribution in [-0.4, -0.2) is 53.8 Å². The fourth-order valence-electron chi connectivity index (χ4n) is 2.66. The standard InChI is InChI=1S/C16H16F2N4O3S/c1-22(12-4-5-26(24,25)9-12)15(23)10-7-19-16(20-8-10)21-11-2-3-13(17)14(18)6-11/h2-3,6-8,12H,4-5,9H2,1H3,(H,19,20,21). The highest BCUT2D eigenvalue weighted by Crippen LogP contribution is 2.19. The molecule has 0 radical (unpaired) electrons. The molecule has 1 atom stereocenters. The van der Waals surface area contributed by atoms with Gasteiger partial charge >= 0.3 is 0 Å². The van der Waals surface area contributed by atoms with E-state index in [2.05, 4.69) is 15.3 Å². The van der Waals surface area contributed by atoms with Gasteiger partial charge in [0.25, 0.3) is 5.91 Å². The van der Waals surface area contributed by atoms with Crippen LogP contribution in [0, 0.1) is 11.6 Å². The molecule has 7 nitrogen and oxygen atoms in total. The van der Waals surface area contributed by atoms with E-state index in [0.29, 0.717) is 6.42 Å². The second kappa shape index (κ2) is 6.94. The van der Waals surface area contributed by atoms with Crippen molar-refractivity contribution in [2.24, 2.45) is 0 Å².